The fraction of sp³-hybridized carbons (Fsp3) is 0.750. The van der Waals surface area contributed by atoms with Crippen LogP contribution in [0.2, 0.25) is 0 Å². The van der Waals surface area contributed by atoms with E-state index in [1.807, 2.05) is 19.2 Å². The van der Waals surface area contributed by atoms with Gasteiger partial charge >= 0.3 is 0 Å². The van der Waals surface area contributed by atoms with E-state index in [1.165, 1.54) is 25.7 Å². The van der Waals surface area contributed by atoms with Crippen LogP contribution in [0.4, 0.5) is 0 Å². The van der Waals surface area contributed by atoms with Crippen molar-refractivity contribution in [2.24, 2.45) is 29.1 Å². The van der Waals surface area contributed by atoms with Crippen LogP contribution in [0.5, 0.6) is 0 Å². The Morgan fingerprint density at radius 2 is 1.72 bits per heavy atom. The Morgan fingerprint density at radius 3 is 2.31 bits per heavy atom. The molecule has 5 saturated carbocycles. The number of nitrogens with zero attached hydrogens (tertiary/aromatic N) is 1. The highest BCUT2D eigenvalue weighted by Crippen LogP contribution is 2.60. The van der Waals surface area contributed by atoms with Gasteiger partial charge in [-0.2, -0.15) is 0 Å². The number of hydrogen-bond donors (Lipinski definition) is 1. The molecule has 1 aromatic heterocycles. The van der Waals surface area contributed by atoms with Crippen molar-refractivity contribution in [2.75, 3.05) is 13.6 Å². The third-order valence-corrected chi connectivity index (χ3v) is 8.12. The van der Waals surface area contributed by atoms with Gasteiger partial charge in [0.05, 0.1) is 6.54 Å². The van der Waals surface area contributed by atoms with Gasteiger partial charge in [-0.05, 0) is 80.8 Å². The summed E-state index contributed by atoms with van der Waals surface area (Å²) in [6.07, 6.45) is 8.77. The van der Waals surface area contributed by atoms with Crippen molar-refractivity contribution in [1.29, 1.82) is 0 Å². The number of rotatable bonds is 7. The van der Waals surface area contributed by atoms with E-state index in [4.69, 9.17) is 4.42 Å². The summed E-state index contributed by atoms with van der Waals surface area (Å²) in [5, 5.41) is 3.11. The molecule has 0 radical (unpaired) electrons. The summed E-state index contributed by atoms with van der Waals surface area (Å²) < 4.78 is 5.92. The summed E-state index contributed by atoms with van der Waals surface area (Å²) in [4.78, 5) is 27.2. The minimum absolute atomic E-state index is 0.0496. The molecule has 1 heterocycles. The molecule has 2 amide bonds. The van der Waals surface area contributed by atoms with Crippen LogP contribution < -0.4 is 5.32 Å². The lowest BCUT2D eigenvalue weighted by Crippen LogP contribution is -2.53. The van der Waals surface area contributed by atoms with Crippen molar-refractivity contribution in [3.05, 3.63) is 23.7 Å². The van der Waals surface area contributed by atoms with E-state index in [1.54, 1.807) is 4.90 Å². The van der Waals surface area contributed by atoms with E-state index in [0.29, 0.717) is 31.3 Å². The molecular formula is C24H34N2O3. The van der Waals surface area contributed by atoms with Gasteiger partial charge in [-0.25, -0.2) is 0 Å². The first kappa shape index (κ1) is 19.2. The Labute approximate surface area is 173 Å². The molecule has 5 fully saturated rings. The van der Waals surface area contributed by atoms with Crippen LogP contribution in [0.3, 0.4) is 0 Å². The van der Waals surface area contributed by atoms with Crippen LogP contribution in [0.25, 0.3) is 0 Å². The molecule has 5 aliphatic carbocycles. The lowest BCUT2D eigenvalue weighted by molar-refractivity contribution is -0.146. The largest absolute Gasteiger partial charge is 0.464 e. The van der Waals surface area contributed by atoms with Crippen molar-refractivity contribution in [3.8, 4) is 0 Å². The molecule has 2 unspecified atom stereocenters. The Morgan fingerprint density at radius 1 is 1.10 bits per heavy atom. The van der Waals surface area contributed by atoms with Gasteiger partial charge in [0.15, 0.2) is 0 Å². The molecular weight excluding hydrogens is 364 g/mol. The molecule has 5 aliphatic rings. The highest BCUT2D eigenvalue weighted by molar-refractivity contribution is 5.84. The van der Waals surface area contributed by atoms with Crippen molar-refractivity contribution in [1.82, 2.24) is 10.2 Å². The number of furan rings is 1. The van der Waals surface area contributed by atoms with Crippen LogP contribution in [0.1, 0.15) is 75.7 Å². The van der Waals surface area contributed by atoms with E-state index in [-0.39, 0.29) is 17.2 Å². The molecule has 5 nitrogen and oxygen atoms in total. The molecule has 2 atom stereocenters. The van der Waals surface area contributed by atoms with E-state index in [9.17, 15) is 9.59 Å². The van der Waals surface area contributed by atoms with Gasteiger partial charge in [-0.3, -0.25) is 9.59 Å². The number of hydrogen-bond acceptors (Lipinski definition) is 3. The third kappa shape index (κ3) is 3.73. The molecule has 1 aromatic rings. The lowest BCUT2D eigenvalue weighted by atomic mass is 9.49. The average molecular weight is 399 g/mol. The third-order valence-electron chi connectivity index (χ3n) is 8.12. The lowest BCUT2D eigenvalue weighted by Gasteiger charge is -2.55. The number of amides is 2. The zero-order chi connectivity index (χ0) is 20.2. The molecule has 4 bridgehead atoms. The van der Waals surface area contributed by atoms with Crippen LogP contribution in [-0.2, 0) is 16.1 Å². The van der Waals surface area contributed by atoms with Crippen molar-refractivity contribution < 1.29 is 14.0 Å². The second-order valence-electron chi connectivity index (χ2n) is 10.6. The second-order valence-corrected chi connectivity index (χ2v) is 10.6. The maximum absolute atomic E-state index is 13.0. The average Bonchev–Trinajstić information content (AvgIpc) is 3.21. The van der Waals surface area contributed by atoms with Crippen molar-refractivity contribution >= 4 is 11.8 Å². The second kappa shape index (κ2) is 7.17. The normalized spacial score (nSPS) is 36.8. The first-order valence-corrected chi connectivity index (χ1v) is 11.5. The van der Waals surface area contributed by atoms with Gasteiger partial charge in [0, 0.05) is 31.3 Å². The van der Waals surface area contributed by atoms with Gasteiger partial charge in [0.1, 0.15) is 11.5 Å². The maximum Gasteiger partial charge on any atom is 0.226 e. The van der Waals surface area contributed by atoms with Gasteiger partial charge in [0.2, 0.25) is 11.8 Å². The quantitative estimate of drug-likeness (QED) is 0.753. The molecule has 5 heteroatoms. The van der Waals surface area contributed by atoms with Crippen LogP contribution >= 0.6 is 0 Å². The Hall–Kier alpha value is -1.78. The standard InChI is InChI=1S/C24H34N2O3/c1-15-7-20(15)21-4-3-19(29-21)14-26(2)22(27)5-6-25-23(28)24-11-16-8-17(12-24)10-18(9-16)13-24/h3-4,15-18,20H,5-14H2,1-2H3,(H,25,28). The summed E-state index contributed by atoms with van der Waals surface area (Å²) in [5.74, 6) is 5.71. The van der Waals surface area contributed by atoms with E-state index in [2.05, 4.69) is 12.2 Å². The molecule has 0 aliphatic heterocycles. The van der Waals surface area contributed by atoms with Crippen LogP contribution in [0, 0.1) is 29.1 Å². The molecule has 0 spiro atoms. The molecule has 1 N–H and O–H groups in total. The Balaban J connectivity index is 1.08. The van der Waals surface area contributed by atoms with Crippen molar-refractivity contribution in [2.45, 2.75) is 70.8 Å². The maximum atomic E-state index is 13.0. The highest BCUT2D eigenvalue weighted by atomic mass is 16.3. The van der Waals surface area contributed by atoms with E-state index >= 15 is 0 Å². The minimum Gasteiger partial charge on any atom is -0.464 e. The molecule has 6 rings (SSSR count). The SMILES string of the molecule is CC1CC1c1ccc(CN(C)C(=O)CCNC(=O)C23CC4CC(CC(C4)C2)C3)o1. The zero-order valence-electron chi connectivity index (χ0n) is 17.8. The predicted molar refractivity (Wildman–Crippen MR) is 110 cm³/mol. The molecule has 0 aromatic carbocycles. The first-order valence-electron chi connectivity index (χ1n) is 11.5. The summed E-state index contributed by atoms with van der Waals surface area (Å²) >= 11 is 0. The molecule has 29 heavy (non-hydrogen) atoms. The van der Waals surface area contributed by atoms with Gasteiger partial charge in [0.25, 0.3) is 0 Å². The molecule has 158 valence electrons. The van der Waals surface area contributed by atoms with Crippen LogP contribution in [0.15, 0.2) is 16.5 Å². The van der Waals surface area contributed by atoms with Gasteiger partial charge in [-0.1, -0.05) is 6.92 Å². The Bertz CT molecular complexity index is 763. The Kier molecular flexibility index (Phi) is 4.75. The van der Waals surface area contributed by atoms with Crippen LogP contribution in [-0.4, -0.2) is 30.3 Å². The van der Waals surface area contributed by atoms with Gasteiger partial charge in [-0.15, -0.1) is 0 Å². The number of carbonyl (C=O) groups excluding carboxylic acids is 2. The van der Waals surface area contributed by atoms with Crippen molar-refractivity contribution in [3.63, 3.8) is 0 Å². The topological polar surface area (TPSA) is 62.6 Å². The monoisotopic (exact) mass is 398 g/mol. The smallest absolute Gasteiger partial charge is 0.226 e. The molecule has 0 saturated heterocycles. The number of nitrogens with one attached hydrogen (secondary N) is 1. The highest BCUT2D eigenvalue weighted by Gasteiger charge is 2.54. The summed E-state index contributed by atoms with van der Waals surface area (Å²) in [6, 6.07) is 4.03. The predicted octanol–water partition coefficient (Wildman–Crippen LogP) is 4.08. The van der Waals surface area contributed by atoms with E-state index in [0.717, 1.165) is 48.5 Å². The fourth-order valence-corrected chi connectivity index (χ4v) is 6.77. The summed E-state index contributed by atoms with van der Waals surface area (Å²) in [6.45, 7) is 3.16. The minimum atomic E-state index is -0.131. The summed E-state index contributed by atoms with van der Waals surface area (Å²) in [7, 11) is 1.81. The summed E-state index contributed by atoms with van der Waals surface area (Å²) in [5.41, 5.74) is -0.131. The van der Waals surface area contributed by atoms with E-state index < -0.39 is 0 Å². The number of carbonyl (C=O) groups is 2. The zero-order valence-corrected chi connectivity index (χ0v) is 17.8. The fourth-order valence-electron chi connectivity index (χ4n) is 6.77. The van der Waals surface area contributed by atoms with Gasteiger partial charge < -0.3 is 14.6 Å². The first-order chi connectivity index (χ1) is 13.9.